The summed E-state index contributed by atoms with van der Waals surface area (Å²) in [5.41, 5.74) is 1.57. The molecule has 1 aliphatic rings. The maximum absolute atomic E-state index is 12.6. The summed E-state index contributed by atoms with van der Waals surface area (Å²) < 4.78 is 29.7. The van der Waals surface area contributed by atoms with Crippen LogP contribution in [0.4, 0.5) is 8.78 Å². The van der Waals surface area contributed by atoms with Gasteiger partial charge in [0.2, 0.25) is 5.91 Å². The first-order valence-electron chi connectivity index (χ1n) is 9.76. The highest BCUT2D eigenvalue weighted by Gasteiger charge is 2.20. The summed E-state index contributed by atoms with van der Waals surface area (Å²) in [6, 6.07) is 5.06. The number of halogens is 3. The Hall–Kier alpha value is -1.65. The average Bonchev–Trinajstić information content (AvgIpc) is 2.69. The van der Waals surface area contributed by atoms with Crippen molar-refractivity contribution in [1.29, 1.82) is 0 Å². The van der Waals surface area contributed by atoms with Crippen LogP contribution in [0, 0.1) is 12.8 Å². The normalized spacial score (nSPS) is 14.9. The molecule has 2 rings (SSSR count). The smallest absolute Gasteiger partial charge is 0.387 e. The molecule has 1 fully saturated rings. The van der Waals surface area contributed by atoms with Gasteiger partial charge in [-0.1, -0.05) is 37.0 Å². The quantitative estimate of drug-likeness (QED) is 0.211. The first kappa shape index (κ1) is 25.4. The van der Waals surface area contributed by atoms with Crippen molar-refractivity contribution in [2.45, 2.75) is 52.2 Å². The van der Waals surface area contributed by atoms with Crippen molar-refractivity contribution in [2.75, 3.05) is 20.1 Å². The summed E-state index contributed by atoms with van der Waals surface area (Å²) in [5, 5.41) is 9.14. The molecular formula is C20H31F2IN4O2. The number of ether oxygens (including phenoxy) is 1. The van der Waals surface area contributed by atoms with Gasteiger partial charge in [0.05, 0.1) is 0 Å². The van der Waals surface area contributed by atoms with Crippen LogP contribution in [-0.4, -0.2) is 38.6 Å². The fourth-order valence-corrected chi connectivity index (χ4v) is 3.33. The number of alkyl halides is 2. The highest BCUT2D eigenvalue weighted by molar-refractivity contribution is 14.0. The first-order chi connectivity index (χ1) is 13.5. The van der Waals surface area contributed by atoms with Crippen LogP contribution in [0.2, 0.25) is 0 Å². The number of hydrogen-bond acceptors (Lipinski definition) is 3. The van der Waals surface area contributed by atoms with Crippen LogP contribution < -0.4 is 20.7 Å². The maximum atomic E-state index is 12.6. The zero-order valence-electron chi connectivity index (χ0n) is 17.0. The first-order valence-corrected chi connectivity index (χ1v) is 9.76. The van der Waals surface area contributed by atoms with Crippen LogP contribution in [-0.2, 0) is 11.3 Å². The molecule has 3 N–H and O–H groups in total. The zero-order chi connectivity index (χ0) is 20.4. The van der Waals surface area contributed by atoms with Gasteiger partial charge in [0.15, 0.2) is 5.96 Å². The fourth-order valence-electron chi connectivity index (χ4n) is 3.33. The van der Waals surface area contributed by atoms with E-state index in [9.17, 15) is 13.6 Å². The summed E-state index contributed by atoms with van der Waals surface area (Å²) >= 11 is 0. The van der Waals surface area contributed by atoms with E-state index < -0.39 is 6.61 Å². The summed E-state index contributed by atoms with van der Waals surface area (Å²) in [6.45, 7) is 0.328. The molecule has 0 aliphatic heterocycles. The van der Waals surface area contributed by atoms with E-state index >= 15 is 0 Å². The van der Waals surface area contributed by atoms with E-state index in [4.69, 9.17) is 0 Å². The Bertz CT molecular complexity index is 668. The van der Waals surface area contributed by atoms with Crippen LogP contribution in [0.5, 0.6) is 5.75 Å². The van der Waals surface area contributed by atoms with Crippen molar-refractivity contribution in [2.24, 2.45) is 10.9 Å². The second-order valence-corrected chi connectivity index (χ2v) is 6.97. The number of rotatable bonds is 8. The Kier molecular flexibility index (Phi) is 11.9. The maximum Gasteiger partial charge on any atom is 0.387 e. The third-order valence-electron chi connectivity index (χ3n) is 4.79. The number of guanidine groups is 1. The number of amides is 1. The van der Waals surface area contributed by atoms with Crippen LogP contribution in [0.1, 0.15) is 43.2 Å². The molecular weight excluding hydrogens is 493 g/mol. The SMILES string of the molecule is CN=C(NCCNC(=O)C1CCCCC1)NCc1cc(C)ccc1OC(F)F.I. The number of carbonyl (C=O) groups is 1. The summed E-state index contributed by atoms with van der Waals surface area (Å²) in [6.07, 6.45) is 5.43. The molecule has 9 heteroatoms. The average molecular weight is 524 g/mol. The predicted octanol–water partition coefficient (Wildman–Crippen LogP) is 3.58. The Labute approximate surface area is 188 Å². The number of nitrogens with zero attached hydrogens (tertiary/aromatic N) is 1. The molecule has 1 saturated carbocycles. The van der Waals surface area contributed by atoms with Gasteiger partial charge in [-0.25, -0.2) is 0 Å². The van der Waals surface area contributed by atoms with E-state index in [1.54, 1.807) is 19.2 Å². The molecule has 0 unspecified atom stereocenters. The van der Waals surface area contributed by atoms with Crippen LogP contribution in [0.3, 0.4) is 0 Å². The molecule has 164 valence electrons. The molecule has 0 spiro atoms. The molecule has 0 atom stereocenters. The van der Waals surface area contributed by atoms with Crippen LogP contribution >= 0.6 is 24.0 Å². The van der Waals surface area contributed by atoms with E-state index in [-0.39, 0.29) is 48.1 Å². The number of aryl methyl sites for hydroxylation is 1. The zero-order valence-corrected chi connectivity index (χ0v) is 19.3. The molecule has 6 nitrogen and oxygen atoms in total. The molecule has 1 aromatic rings. The molecule has 0 radical (unpaired) electrons. The largest absolute Gasteiger partial charge is 0.434 e. The van der Waals surface area contributed by atoms with Crippen molar-refractivity contribution < 1.29 is 18.3 Å². The Morgan fingerprint density at radius 3 is 2.52 bits per heavy atom. The molecule has 0 aromatic heterocycles. The van der Waals surface area contributed by atoms with E-state index in [0.29, 0.717) is 24.6 Å². The molecule has 1 aromatic carbocycles. The lowest BCUT2D eigenvalue weighted by Gasteiger charge is -2.21. The summed E-state index contributed by atoms with van der Waals surface area (Å²) in [7, 11) is 1.63. The molecule has 0 heterocycles. The topological polar surface area (TPSA) is 74.8 Å². The highest BCUT2D eigenvalue weighted by atomic mass is 127. The van der Waals surface area contributed by atoms with E-state index in [1.165, 1.54) is 12.5 Å². The standard InChI is InChI=1S/C20H30F2N4O2.HI/c1-14-8-9-17(28-19(21)22)16(12-14)13-26-20(23-2)25-11-10-24-18(27)15-6-4-3-5-7-15;/h8-9,12,15,19H,3-7,10-11,13H2,1-2H3,(H,24,27)(H2,23,25,26);1H. The third-order valence-corrected chi connectivity index (χ3v) is 4.79. The molecule has 29 heavy (non-hydrogen) atoms. The highest BCUT2D eigenvalue weighted by Crippen LogP contribution is 2.23. The minimum atomic E-state index is -2.87. The Balaban J connectivity index is 0.00000420. The van der Waals surface area contributed by atoms with Gasteiger partial charge in [-0.3, -0.25) is 9.79 Å². The lowest BCUT2D eigenvalue weighted by atomic mass is 9.89. The van der Waals surface area contributed by atoms with Crippen molar-refractivity contribution >= 4 is 35.8 Å². The lowest BCUT2D eigenvalue weighted by Crippen LogP contribution is -2.42. The minimum absolute atomic E-state index is 0. The monoisotopic (exact) mass is 524 g/mol. The van der Waals surface area contributed by atoms with Gasteiger partial charge in [-0.2, -0.15) is 8.78 Å². The molecule has 1 aliphatic carbocycles. The van der Waals surface area contributed by atoms with Gasteiger partial charge in [-0.15, -0.1) is 24.0 Å². The lowest BCUT2D eigenvalue weighted by molar-refractivity contribution is -0.125. The second kappa shape index (κ2) is 13.6. The predicted molar refractivity (Wildman–Crippen MR) is 121 cm³/mol. The number of carbonyl (C=O) groups excluding carboxylic acids is 1. The fraction of sp³-hybridized carbons (Fsp3) is 0.600. The number of hydrogen-bond donors (Lipinski definition) is 3. The van der Waals surface area contributed by atoms with Crippen molar-refractivity contribution in [1.82, 2.24) is 16.0 Å². The van der Waals surface area contributed by atoms with Gasteiger partial charge in [0.1, 0.15) is 5.75 Å². The van der Waals surface area contributed by atoms with Crippen molar-refractivity contribution in [3.63, 3.8) is 0 Å². The van der Waals surface area contributed by atoms with Crippen molar-refractivity contribution in [3.05, 3.63) is 29.3 Å². The number of benzene rings is 1. The Morgan fingerprint density at radius 1 is 1.17 bits per heavy atom. The summed E-state index contributed by atoms with van der Waals surface area (Å²) in [4.78, 5) is 16.2. The van der Waals surface area contributed by atoms with Gasteiger partial charge in [-0.05, 0) is 25.8 Å². The third kappa shape index (κ3) is 9.14. The van der Waals surface area contributed by atoms with Gasteiger partial charge in [0.25, 0.3) is 0 Å². The number of nitrogens with one attached hydrogen (secondary N) is 3. The minimum Gasteiger partial charge on any atom is -0.434 e. The van der Waals surface area contributed by atoms with Crippen molar-refractivity contribution in [3.8, 4) is 5.75 Å². The molecule has 0 bridgehead atoms. The van der Waals surface area contributed by atoms with Crippen LogP contribution in [0.15, 0.2) is 23.2 Å². The van der Waals surface area contributed by atoms with E-state index in [2.05, 4.69) is 25.7 Å². The van der Waals surface area contributed by atoms with E-state index in [0.717, 1.165) is 31.2 Å². The molecule has 1 amide bonds. The number of aliphatic imine (C=N–C) groups is 1. The second-order valence-electron chi connectivity index (χ2n) is 6.97. The Morgan fingerprint density at radius 2 is 1.86 bits per heavy atom. The van der Waals surface area contributed by atoms with Crippen LogP contribution in [0.25, 0.3) is 0 Å². The molecule has 0 saturated heterocycles. The van der Waals surface area contributed by atoms with Gasteiger partial charge < -0.3 is 20.7 Å². The van der Waals surface area contributed by atoms with Gasteiger partial charge in [0, 0.05) is 38.2 Å². The van der Waals surface area contributed by atoms with Gasteiger partial charge >= 0.3 is 6.61 Å². The summed E-state index contributed by atoms with van der Waals surface area (Å²) in [5.74, 6) is 0.929. The van der Waals surface area contributed by atoms with E-state index in [1.807, 2.05) is 6.92 Å².